The molecule has 0 aliphatic rings. The number of nitro groups is 1. The van der Waals surface area contributed by atoms with Crippen LogP contribution < -0.4 is 4.74 Å². The molecule has 1 unspecified atom stereocenters. The van der Waals surface area contributed by atoms with Crippen molar-refractivity contribution in [3.63, 3.8) is 0 Å². The molecule has 1 aromatic carbocycles. The van der Waals surface area contributed by atoms with Crippen LogP contribution in [0.15, 0.2) is 22.7 Å². The molecule has 0 saturated heterocycles. The summed E-state index contributed by atoms with van der Waals surface area (Å²) in [5, 5.41) is 20.2. The normalized spacial score (nSPS) is 12.2. The summed E-state index contributed by atoms with van der Waals surface area (Å²) >= 11 is 6.31. The Labute approximate surface area is 109 Å². The smallest absolute Gasteiger partial charge is 0.273 e. The minimum absolute atomic E-state index is 0.0495. The van der Waals surface area contributed by atoms with E-state index in [4.69, 9.17) is 4.74 Å². The van der Waals surface area contributed by atoms with E-state index in [-0.39, 0.29) is 12.3 Å². The fourth-order valence-electron chi connectivity index (χ4n) is 0.947. The molecule has 1 rings (SSSR count). The molecule has 0 spiro atoms. The molecule has 0 saturated carbocycles. The molecule has 0 fully saturated rings. The second-order valence-corrected chi connectivity index (χ2v) is 4.49. The van der Waals surface area contributed by atoms with Gasteiger partial charge in [0.1, 0.15) is 12.4 Å². The average Bonchev–Trinajstić information content (AvgIpc) is 2.27. The molecule has 0 radical (unpaired) electrons. The lowest BCUT2D eigenvalue weighted by Crippen LogP contribution is -2.18. The van der Waals surface area contributed by atoms with Crippen LogP contribution in [0.4, 0.5) is 5.69 Å². The maximum atomic E-state index is 10.5. The number of aliphatic hydroxyl groups excluding tert-OH is 1. The maximum absolute atomic E-state index is 10.5. The van der Waals surface area contributed by atoms with Crippen molar-refractivity contribution in [1.82, 2.24) is 0 Å². The quantitative estimate of drug-likeness (QED) is 0.501. The average molecular weight is 355 g/mol. The van der Waals surface area contributed by atoms with Gasteiger partial charge in [0.05, 0.1) is 21.6 Å². The molecule has 1 N–H and O–H groups in total. The van der Waals surface area contributed by atoms with Crippen LogP contribution >= 0.6 is 31.9 Å². The highest BCUT2D eigenvalue weighted by Crippen LogP contribution is 2.29. The molecular weight excluding hydrogens is 346 g/mol. The van der Waals surface area contributed by atoms with Gasteiger partial charge in [-0.3, -0.25) is 10.1 Å². The minimum Gasteiger partial charge on any atom is -0.489 e. The van der Waals surface area contributed by atoms with Crippen LogP contribution in [0.5, 0.6) is 5.75 Å². The first-order valence-corrected chi connectivity index (χ1v) is 6.26. The molecule has 1 atom stereocenters. The number of hydrogen-bond acceptors (Lipinski definition) is 4. The third-order valence-electron chi connectivity index (χ3n) is 1.73. The van der Waals surface area contributed by atoms with E-state index < -0.39 is 11.0 Å². The fraction of sp³-hybridized carbons (Fsp3) is 0.333. The number of benzene rings is 1. The Morgan fingerprint density at radius 2 is 2.25 bits per heavy atom. The lowest BCUT2D eigenvalue weighted by molar-refractivity contribution is -0.385. The molecule has 0 aliphatic carbocycles. The van der Waals surface area contributed by atoms with Gasteiger partial charge < -0.3 is 9.84 Å². The van der Waals surface area contributed by atoms with E-state index in [1.807, 2.05) is 0 Å². The highest BCUT2D eigenvalue weighted by molar-refractivity contribution is 9.10. The SMILES string of the molecule is O=[N+]([O-])c1ccc(Br)c(OCC(O)CBr)c1. The van der Waals surface area contributed by atoms with Crippen molar-refractivity contribution in [2.75, 3.05) is 11.9 Å². The summed E-state index contributed by atoms with van der Waals surface area (Å²) in [6.45, 7) is 0.0744. The molecule has 1 aromatic rings. The van der Waals surface area contributed by atoms with Gasteiger partial charge in [-0.2, -0.15) is 0 Å². The summed E-state index contributed by atoms with van der Waals surface area (Å²) in [6.07, 6.45) is -0.647. The zero-order valence-electron chi connectivity index (χ0n) is 8.10. The summed E-state index contributed by atoms with van der Waals surface area (Å²) in [6, 6.07) is 4.22. The van der Waals surface area contributed by atoms with Crippen LogP contribution in [0.3, 0.4) is 0 Å². The highest BCUT2D eigenvalue weighted by Gasteiger charge is 2.11. The molecule has 0 heterocycles. The van der Waals surface area contributed by atoms with Gasteiger partial charge in [-0.15, -0.1) is 0 Å². The molecule has 0 aliphatic heterocycles. The van der Waals surface area contributed by atoms with Gasteiger partial charge in [0.2, 0.25) is 0 Å². The van der Waals surface area contributed by atoms with Gasteiger partial charge in [-0.25, -0.2) is 0 Å². The third kappa shape index (κ3) is 3.73. The van der Waals surface area contributed by atoms with Crippen LogP contribution in [-0.2, 0) is 0 Å². The van der Waals surface area contributed by atoms with Crippen molar-refractivity contribution < 1.29 is 14.8 Å². The van der Waals surface area contributed by atoms with Gasteiger partial charge >= 0.3 is 0 Å². The van der Waals surface area contributed by atoms with Crippen molar-refractivity contribution in [2.45, 2.75) is 6.10 Å². The van der Waals surface area contributed by atoms with Gasteiger partial charge in [0.15, 0.2) is 0 Å². The van der Waals surface area contributed by atoms with E-state index in [1.54, 1.807) is 0 Å². The Balaban J connectivity index is 2.78. The van der Waals surface area contributed by atoms with E-state index in [9.17, 15) is 15.2 Å². The van der Waals surface area contributed by atoms with E-state index in [2.05, 4.69) is 31.9 Å². The molecule has 5 nitrogen and oxygen atoms in total. The van der Waals surface area contributed by atoms with Crippen LogP contribution in [0.25, 0.3) is 0 Å². The van der Waals surface area contributed by atoms with Gasteiger partial charge in [-0.1, -0.05) is 15.9 Å². The van der Waals surface area contributed by atoms with E-state index in [1.165, 1.54) is 18.2 Å². The first kappa shape index (κ1) is 13.4. The predicted molar refractivity (Wildman–Crippen MR) is 66.1 cm³/mol. The van der Waals surface area contributed by atoms with E-state index in [0.29, 0.717) is 15.6 Å². The number of hydrogen-bond donors (Lipinski definition) is 1. The second kappa shape index (κ2) is 6.17. The standard InChI is InChI=1S/C9H9Br2NO4/c10-4-7(13)5-16-9-3-6(12(14)15)1-2-8(9)11/h1-3,7,13H,4-5H2. The Kier molecular flexibility index (Phi) is 5.17. The Hall–Kier alpha value is -0.660. The largest absolute Gasteiger partial charge is 0.489 e. The van der Waals surface area contributed by atoms with Gasteiger partial charge in [-0.05, 0) is 22.0 Å². The Morgan fingerprint density at radius 1 is 1.56 bits per heavy atom. The fourth-order valence-corrected chi connectivity index (χ4v) is 1.49. The van der Waals surface area contributed by atoms with Crippen LogP contribution in [-0.4, -0.2) is 28.1 Å². The maximum Gasteiger partial charge on any atom is 0.273 e. The van der Waals surface area contributed by atoms with E-state index in [0.717, 1.165) is 0 Å². The Bertz CT molecular complexity index is 386. The number of ether oxygens (including phenoxy) is 1. The number of nitrogens with zero attached hydrogens (tertiary/aromatic N) is 1. The first-order valence-electron chi connectivity index (χ1n) is 4.35. The van der Waals surface area contributed by atoms with E-state index >= 15 is 0 Å². The highest BCUT2D eigenvalue weighted by atomic mass is 79.9. The molecule has 88 valence electrons. The summed E-state index contributed by atoms with van der Waals surface area (Å²) in [5.41, 5.74) is -0.0495. The summed E-state index contributed by atoms with van der Waals surface area (Å²) in [7, 11) is 0. The number of aliphatic hydroxyl groups is 1. The third-order valence-corrected chi connectivity index (χ3v) is 3.14. The van der Waals surface area contributed by atoms with Crippen molar-refractivity contribution in [3.8, 4) is 5.75 Å². The van der Waals surface area contributed by atoms with Gasteiger partial charge in [0.25, 0.3) is 5.69 Å². The molecule has 7 heteroatoms. The van der Waals surface area contributed by atoms with Crippen molar-refractivity contribution in [3.05, 3.63) is 32.8 Å². The summed E-state index contributed by atoms with van der Waals surface area (Å²) in [5.74, 6) is 0.342. The number of non-ortho nitro benzene ring substituents is 1. The number of halogens is 2. The molecule has 0 aromatic heterocycles. The summed E-state index contributed by atoms with van der Waals surface area (Å²) < 4.78 is 5.86. The van der Waals surface area contributed by atoms with Crippen LogP contribution in [0.2, 0.25) is 0 Å². The predicted octanol–water partition coefficient (Wildman–Crippen LogP) is 2.49. The molecule has 0 amide bonds. The van der Waals surface area contributed by atoms with Crippen molar-refractivity contribution >= 4 is 37.5 Å². The lowest BCUT2D eigenvalue weighted by atomic mass is 10.3. The van der Waals surface area contributed by atoms with Crippen molar-refractivity contribution in [1.29, 1.82) is 0 Å². The lowest BCUT2D eigenvalue weighted by Gasteiger charge is -2.10. The van der Waals surface area contributed by atoms with Crippen LogP contribution in [0.1, 0.15) is 0 Å². The molecule has 0 bridgehead atoms. The van der Waals surface area contributed by atoms with Crippen molar-refractivity contribution in [2.24, 2.45) is 0 Å². The minimum atomic E-state index is -0.647. The zero-order valence-corrected chi connectivity index (χ0v) is 11.3. The number of nitro benzene ring substituents is 1. The summed E-state index contributed by atoms with van der Waals surface area (Å²) in [4.78, 5) is 10.0. The van der Waals surface area contributed by atoms with Gasteiger partial charge in [0, 0.05) is 11.4 Å². The molecular formula is C9H9Br2NO4. The first-order chi connectivity index (χ1) is 7.54. The molecule has 16 heavy (non-hydrogen) atoms. The zero-order chi connectivity index (χ0) is 12.1. The number of rotatable bonds is 5. The monoisotopic (exact) mass is 353 g/mol. The van der Waals surface area contributed by atoms with Crippen LogP contribution in [0, 0.1) is 10.1 Å². The second-order valence-electron chi connectivity index (χ2n) is 2.99. The number of alkyl halides is 1. The topological polar surface area (TPSA) is 72.6 Å². The Morgan fingerprint density at radius 3 is 2.81 bits per heavy atom.